The van der Waals surface area contributed by atoms with E-state index in [-0.39, 0.29) is 28.0 Å². The van der Waals surface area contributed by atoms with Crippen molar-refractivity contribution >= 4 is 40.9 Å². The molecule has 2 aromatic rings. The van der Waals surface area contributed by atoms with Crippen molar-refractivity contribution in [1.82, 2.24) is 0 Å². The number of ether oxygens (including phenoxy) is 1. The van der Waals surface area contributed by atoms with Crippen molar-refractivity contribution in [3.8, 4) is 24.2 Å². The lowest BCUT2D eigenvalue weighted by atomic mass is 10.1. The summed E-state index contributed by atoms with van der Waals surface area (Å²) < 4.78 is 5.28. The third-order valence-corrected chi connectivity index (χ3v) is 3.95. The Bertz CT molecular complexity index is 930. The van der Waals surface area contributed by atoms with Gasteiger partial charge in [0.25, 0.3) is 5.91 Å². The van der Waals surface area contributed by atoms with Crippen LogP contribution >= 0.6 is 23.2 Å². The van der Waals surface area contributed by atoms with Crippen molar-refractivity contribution in [3.05, 3.63) is 63.1 Å². The molecule has 0 saturated heterocycles. The van der Waals surface area contributed by atoms with Crippen molar-refractivity contribution in [3.63, 3.8) is 0 Å². The SMILES string of the molecule is C#CCOc1c(Cl)cc(/C=C(/C#N)C(=O)Nc2ccccc2C)cc1Cl. The number of carbonyl (C=O) groups excluding carboxylic acids is 1. The van der Waals surface area contributed by atoms with Crippen LogP contribution in [0.3, 0.4) is 0 Å². The molecular weight excluding hydrogens is 371 g/mol. The molecule has 0 aromatic heterocycles. The Balaban J connectivity index is 2.28. The maximum atomic E-state index is 12.4. The summed E-state index contributed by atoms with van der Waals surface area (Å²) in [5.74, 6) is 2.05. The van der Waals surface area contributed by atoms with Gasteiger partial charge in [0.2, 0.25) is 0 Å². The second-order valence-electron chi connectivity index (χ2n) is 5.25. The zero-order chi connectivity index (χ0) is 19.1. The number of benzene rings is 2. The molecule has 0 aliphatic rings. The molecule has 0 atom stereocenters. The van der Waals surface area contributed by atoms with Crippen LogP contribution in [0, 0.1) is 30.6 Å². The van der Waals surface area contributed by atoms with Crippen LogP contribution in [0.2, 0.25) is 10.0 Å². The summed E-state index contributed by atoms with van der Waals surface area (Å²) in [6.07, 6.45) is 6.55. The summed E-state index contributed by atoms with van der Waals surface area (Å²) in [7, 11) is 0. The number of nitrogens with one attached hydrogen (secondary N) is 1. The van der Waals surface area contributed by atoms with Crippen LogP contribution in [0.5, 0.6) is 5.75 Å². The van der Waals surface area contributed by atoms with Gasteiger partial charge in [0.1, 0.15) is 18.2 Å². The van der Waals surface area contributed by atoms with Crippen molar-refractivity contribution < 1.29 is 9.53 Å². The second kappa shape index (κ2) is 8.97. The van der Waals surface area contributed by atoms with Gasteiger partial charge < -0.3 is 10.1 Å². The molecule has 26 heavy (non-hydrogen) atoms. The molecule has 130 valence electrons. The van der Waals surface area contributed by atoms with Gasteiger partial charge >= 0.3 is 0 Å². The molecule has 0 spiro atoms. The molecule has 1 N–H and O–H groups in total. The van der Waals surface area contributed by atoms with E-state index in [9.17, 15) is 10.1 Å². The topological polar surface area (TPSA) is 62.1 Å². The molecular formula is C20H14Cl2N2O2. The van der Waals surface area contributed by atoms with Gasteiger partial charge in [-0.05, 0) is 42.3 Å². The number of para-hydroxylation sites is 1. The zero-order valence-electron chi connectivity index (χ0n) is 13.8. The van der Waals surface area contributed by atoms with Crippen LogP contribution in [0.1, 0.15) is 11.1 Å². The van der Waals surface area contributed by atoms with Gasteiger partial charge in [-0.15, -0.1) is 6.42 Å². The third kappa shape index (κ3) is 4.80. The number of anilines is 1. The second-order valence-corrected chi connectivity index (χ2v) is 6.06. The Labute approximate surface area is 162 Å². The smallest absolute Gasteiger partial charge is 0.266 e. The zero-order valence-corrected chi connectivity index (χ0v) is 15.4. The minimum atomic E-state index is -0.526. The average molecular weight is 385 g/mol. The lowest BCUT2D eigenvalue weighted by Gasteiger charge is -2.09. The number of nitriles is 1. The van der Waals surface area contributed by atoms with Crippen molar-refractivity contribution in [1.29, 1.82) is 5.26 Å². The maximum absolute atomic E-state index is 12.4. The van der Waals surface area contributed by atoms with Crippen LogP contribution in [0.25, 0.3) is 6.08 Å². The van der Waals surface area contributed by atoms with Crippen molar-refractivity contribution in [2.75, 3.05) is 11.9 Å². The van der Waals surface area contributed by atoms with Gasteiger partial charge in [-0.2, -0.15) is 5.26 Å². The fraction of sp³-hybridized carbons (Fsp3) is 0.100. The van der Waals surface area contributed by atoms with Crippen LogP contribution in [0.15, 0.2) is 42.0 Å². The highest BCUT2D eigenvalue weighted by Gasteiger charge is 2.13. The average Bonchev–Trinajstić information content (AvgIpc) is 2.61. The van der Waals surface area contributed by atoms with Crippen LogP contribution < -0.4 is 10.1 Å². The van der Waals surface area contributed by atoms with E-state index in [1.807, 2.05) is 25.1 Å². The molecule has 2 aromatic carbocycles. The Kier molecular flexibility index (Phi) is 6.69. The molecule has 6 heteroatoms. The molecule has 0 heterocycles. The number of nitrogens with zero attached hydrogens (tertiary/aromatic N) is 1. The van der Waals surface area contributed by atoms with Crippen molar-refractivity contribution in [2.24, 2.45) is 0 Å². The van der Waals surface area contributed by atoms with Gasteiger partial charge in [-0.1, -0.05) is 47.3 Å². The lowest BCUT2D eigenvalue weighted by molar-refractivity contribution is -0.112. The minimum Gasteiger partial charge on any atom is -0.478 e. The van der Waals surface area contributed by atoms with E-state index in [0.717, 1.165) is 5.56 Å². The molecule has 0 aliphatic heterocycles. The van der Waals surface area contributed by atoms with Gasteiger partial charge in [0.05, 0.1) is 10.0 Å². The highest BCUT2D eigenvalue weighted by atomic mass is 35.5. The fourth-order valence-corrected chi connectivity index (χ4v) is 2.75. The molecule has 4 nitrogen and oxygen atoms in total. The number of carbonyl (C=O) groups is 1. The predicted molar refractivity (Wildman–Crippen MR) is 104 cm³/mol. The highest BCUT2D eigenvalue weighted by molar-refractivity contribution is 6.37. The first-order chi connectivity index (χ1) is 12.5. The van der Waals surface area contributed by atoms with E-state index in [2.05, 4.69) is 11.2 Å². The number of aryl methyl sites for hydroxylation is 1. The summed E-state index contributed by atoms with van der Waals surface area (Å²) in [5, 5.41) is 12.5. The van der Waals surface area contributed by atoms with E-state index in [4.69, 9.17) is 34.4 Å². The first-order valence-corrected chi connectivity index (χ1v) is 8.26. The summed E-state index contributed by atoms with van der Waals surface area (Å²) in [6, 6.07) is 12.2. The van der Waals surface area contributed by atoms with Gasteiger partial charge in [-0.25, -0.2) is 0 Å². The monoisotopic (exact) mass is 384 g/mol. The summed E-state index contributed by atoms with van der Waals surface area (Å²) in [5.41, 5.74) is 1.93. The number of halogens is 2. The Morgan fingerprint density at radius 2 is 1.96 bits per heavy atom. The van der Waals surface area contributed by atoms with Gasteiger partial charge in [0.15, 0.2) is 5.75 Å². The molecule has 0 radical (unpaired) electrons. The number of hydrogen-bond donors (Lipinski definition) is 1. The lowest BCUT2D eigenvalue weighted by Crippen LogP contribution is -2.14. The standard InChI is InChI=1S/C20H14Cl2N2O2/c1-3-8-26-19-16(21)10-14(11-17(19)22)9-15(12-23)20(25)24-18-7-5-4-6-13(18)2/h1,4-7,9-11H,8H2,2H3,(H,24,25)/b15-9-. The number of rotatable bonds is 5. The number of hydrogen-bond acceptors (Lipinski definition) is 3. The third-order valence-electron chi connectivity index (χ3n) is 3.39. The van der Waals surface area contributed by atoms with Crippen LogP contribution in [-0.4, -0.2) is 12.5 Å². The first kappa shape index (κ1) is 19.4. The summed E-state index contributed by atoms with van der Waals surface area (Å²) in [4.78, 5) is 12.4. The molecule has 0 fully saturated rings. The summed E-state index contributed by atoms with van der Waals surface area (Å²) >= 11 is 12.3. The van der Waals surface area contributed by atoms with E-state index in [1.54, 1.807) is 12.1 Å². The Morgan fingerprint density at radius 1 is 1.31 bits per heavy atom. The minimum absolute atomic E-state index is 0.0247. The molecule has 0 bridgehead atoms. The van der Waals surface area contributed by atoms with Gasteiger partial charge in [0, 0.05) is 5.69 Å². The largest absolute Gasteiger partial charge is 0.478 e. The predicted octanol–water partition coefficient (Wildman–Crippen LogP) is 4.86. The van der Waals surface area contributed by atoms with Crippen LogP contribution in [0.4, 0.5) is 5.69 Å². The first-order valence-electron chi connectivity index (χ1n) is 7.50. The molecule has 0 aliphatic carbocycles. The van der Waals surface area contributed by atoms with Crippen LogP contribution in [-0.2, 0) is 4.79 Å². The van der Waals surface area contributed by atoms with Crippen molar-refractivity contribution in [2.45, 2.75) is 6.92 Å². The molecule has 0 unspecified atom stereocenters. The Hall–Kier alpha value is -2.92. The summed E-state index contributed by atoms with van der Waals surface area (Å²) in [6.45, 7) is 1.89. The van der Waals surface area contributed by atoms with E-state index in [0.29, 0.717) is 11.3 Å². The Morgan fingerprint density at radius 3 is 2.54 bits per heavy atom. The van der Waals surface area contributed by atoms with E-state index in [1.165, 1.54) is 18.2 Å². The van der Waals surface area contributed by atoms with E-state index < -0.39 is 5.91 Å². The molecule has 2 rings (SSSR count). The number of terminal acetylenes is 1. The van der Waals surface area contributed by atoms with E-state index >= 15 is 0 Å². The number of amides is 1. The quantitative estimate of drug-likeness (QED) is 0.454. The maximum Gasteiger partial charge on any atom is 0.266 e. The van der Waals surface area contributed by atoms with Gasteiger partial charge in [-0.3, -0.25) is 4.79 Å². The molecule has 0 saturated carbocycles. The highest BCUT2D eigenvalue weighted by Crippen LogP contribution is 2.34. The normalized spacial score (nSPS) is 10.6. The molecule has 1 amide bonds. The fourth-order valence-electron chi connectivity index (χ4n) is 2.13.